The zero-order valence-corrected chi connectivity index (χ0v) is 15.6. The van der Waals surface area contributed by atoms with Gasteiger partial charge in [-0.25, -0.2) is 9.78 Å². The summed E-state index contributed by atoms with van der Waals surface area (Å²) in [6.07, 6.45) is 1.42. The Morgan fingerprint density at radius 3 is 2.71 bits per heavy atom. The van der Waals surface area contributed by atoms with Gasteiger partial charge in [-0.05, 0) is 30.3 Å². The lowest BCUT2D eigenvalue weighted by Gasteiger charge is -2.27. The van der Waals surface area contributed by atoms with E-state index in [1.165, 1.54) is 18.3 Å². The van der Waals surface area contributed by atoms with Crippen LogP contribution in [-0.2, 0) is 14.3 Å². The van der Waals surface area contributed by atoms with Gasteiger partial charge in [0, 0.05) is 25.0 Å². The normalized spacial score (nSPS) is 13.5. The molecule has 1 aliphatic heterocycles. The molecule has 1 aromatic heterocycles. The molecule has 1 aromatic carbocycles. The Morgan fingerprint density at radius 1 is 1.29 bits per heavy atom. The minimum absolute atomic E-state index is 0.226. The van der Waals surface area contributed by atoms with Crippen molar-refractivity contribution in [2.75, 3.05) is 43.1 Å². The predicted molar refractivity (Wildman–Crippen MR) is 102 cm³/mol. The van der Waals surface area contributed by atoms with Crippen molar-refractivity contribution in [2.24, 2.45) is 0 Å². The third-order valence-corrected chi connectivity index (χ3v) is 4.34. The zero-order chi connectivity index (χ0) is 19.9. The van der Waals surface area contributed by atoms with Crippen molar-refractivity contribution in [3.8, 4) is 6.07 Å². The van der Waals surface area contributed by atoms with Gasteiger partial charge in [0.05, 0.1) is 29.4 Å². The van der Waals surface area contributed by atoms with Crippen LogP contribution in [0, 0.1) is 11.3 Å². The van der Waals surface area contributed by atoms with Gasteiger partial charge in [0.15, 0.2) is 6.61 Å². The number of nitriles is 1. The molecule has 0 unspecified atom stereocenters. The van der Waals surface area contributed by atoms with Crippen LogP contribution in [0.4, 0.5) is 11.5 Å². The first kappa shape index (κ1) is 19.6. The van der Waals surface area contributed by atoms with Gasteiger partial charge in [-0.1, -0.05) is 11.6 Å². The number of aromatic nitrogens is 1. The predicted octanol–water partition coefficient (Wildman–Crippen LogP) is 2.24. The molecule has 1 fully saturated rings. The van der Waals surface area contributed by atoms with E-state index < -0.39 is 18.5 Å². The average Bonchev–Trinajstić information content (AvgIpc) is 2.73. The van der Waals surface area contributed by atoms with Crippen LogP contribution < -0.4 is 10.2 Å². The number of rotatable bonds is 5. The van der Waals surface area contributed by atoms with Crippen molar-refractivity contribution in [2.45, 2.75) is 0 Å². The second-order valence-electron chi connectivity index (χ2n) is 5.94. The Labute approximate surface area is 166 Å². The largest absolute Gasteiger partial charge is 0.452 e. The number of morpholine rings is 1. The van der Waals surface area contributed by atoms with Crippen LogP contribution in [0.3, 0.4) is 0 Å². The minimum Gasteiger partial charge on any atom is -0.452 e. The van der Waals surface area contributed by atoms with Crippen molar-refractivity contribution >= 4 is 35.0 Å². The number of hydrogen-bond acceptors (Lipinski definition) is 7. The smallest absolute Gasteiger partial charge is 0.340 e. The maximum atomic E-state index is 12.1. The van der Waals surface area contributed by atoms with Gasteiger partial charge >= 0.3 is 5.97 Å². The molecule has 0 atom stereocenters. The first-order chi connectivity index (χ1) is 13.6. The van der Waals surface area contributed by atoms with Crippen molar-refractivity contribution in [3.05, 3.63) is 52.7 Å². The summed E-state index contributed by atoms with van der Waals surface area (Å²) >= 11 is 5.91. The number of nitrogens with zero attached hydrogens (tertiary/aromatic N) is 3. The molecule has 1 N–H and O–H groups in total. The molecule has 8 nitrogen and oxygen atoms in total. The minimum atomic E-state index is -0.644. The van der Waals surface area contributed by atoms with E-state index in [0.717, 1.165) is 18.9 Å². The summed E-state index contributed by atoms with van der Waals surface area (Å²) in [6.45, 7) is 2.32. The molecule has 1 aliphatic rings. The van der Waals surface area contributed by atoms with Crippen LogP contribution in [0.25, 0.3) is 0 Å². The van der Waals surface area contributed by atoms with Crippen LogP contribution in [0.2, 0.25) is 5.02 Å². The Balaban J connectivity index is 1.51. The number of halogens is 1. The number of amides is 1. The Hall–Kier alpha value is -3.15. The molecule has 1 amide bonds. The number of carbonyl (C=O) groups is 2. The summed E-state index contributed by atoms with van der Waals surface area (Å²) < 4.78 is 10.3. The monoisotopic (exact) mass is 400 g/mol. The first-order valence-electron chi connectivity index (χ1n) is 8.52. The summed E-state index contributed by atoms with van der Waals surface area (Å²) in [5.74, 6) is -0.406. The van der Waals surface area contributed by atoms with Gasteiger partial charge in [0.1, 0.15) is 11.9 Å². The number of pyridine rings is 1. The van der Waals surface area contributed by atoms with E-state index in [4.69, 9.17) is 26.3 Å². The standard InChI is InChI=1S/C19H17ClN4O4/c20-16-9-15(3-1-13(16)10-21)23-18(25)12-28-19(26)14-2-4-17(22-11-14)24-5-7-27-8-6-24/h1-4,9,11H,5-8,12H2,(H,23,25). The number of nitrogens with one attached hydrogen (secondary N) is 1. The van der Waals surface area contributed by atoms with E-state index in [1.807, 2.05) is 6.07 Å². The van der Waals surface area contributed by atoms with Crippen LogP contribution in [0.1, 0.15) is 15.9 Å². The van der Waals surface area contributed by atoms with E-state index in [-0.39, 0.29) is 10.6 Å². The average molecular weight is 401 g/mol. The molecule has 2 aromatic rings. The molecule has 9 heteroatoms. The van der Waals surface area contributed by atoms with Crippen molar-refractivity contribution in [3.63, 3.8) is 0 Å². The fourth-order valence-electron chi connectivity index (χ4n) is 2.58. The number of benzene rings is 1. The third-order valence-electron chi connectivity index (χ3n) is 4.03. The number of anilines is 2. The van der Waals surface area contributed by atoms with Gasteiger partial charge in [-0.2, -0.15) is 5.26 Å². The topological polar surface area (TPSA) is 105 Å². The number of ether oxygens (including phenoxy) is 2. The molecule has 1 saturated heterocycles. The second kappa shape index (κ2) is 9.17. The molecule has 0 saturated carbocycles. The molecule has 0 radical (unpaired) electrons. The lowest BCUT2D eigenvalue weighted by molar-refractivity contribution is -0.119. The highest BCUT2D eigenvalue weighted by molar-refractivity contribution is 6.32. The number of hydrogen-bond donors (Lipinski definition) is 1. The van der Waals surface area contributed by atoms with Crippen LogP contribution in [0.15, 0.2) is 36.5 Å². The Morgan fingerprint density at radius 2 is 2.07 bits per heavy atom. The molecular weight excluding hydrogens is 384 g/mol. The van der Waals surface area contributed by atoms with Gasteiger partial charge < -0.3 is 19.7 Å². The van der Waals surface area contributed by atoms with Crippen molar-refractivity contribution in [1.29, 1.82) is 5.26 Å². The summed E-state index contributed by atoms with van der Waals surface area (Å²) in [5.41, 5.74) is 0.965. The zero-order valence-electron chi connectivity index (χ0n) is 14.9. The van der Waals surface area contributed by atoms with Crippen molar-refractivity contribution in [1.82, 2.24) is 4.98 Å². The molecule has 3 rings (SSSR count). The van der Waals surface area contributed by atoms with Gasteiger partial charge in [-0.15, -0.1) is 0 Å². The lowest BCUT2D eigenvalue weighted by Crippen LogP contribution is -2.36. The van der Waals surface area contributed by atoms with Gasteiger partial charge in [0.2, 0.25) is 0 Å². The Kier molecular flexibility index (Phi) is 6.42. The maximum absolute atomic E-state index is 12.1. The van der Waals surface area contributed by atoms with Crippen LogP contribution >= 0.6 is 11.6 Å². The number of carbonyl (C=O) groups excluding carboxylic acids is 2. The van der Waals surface area contributed by atoms with Gasteiger partial charge in [0.25, 0.3) is 5.91 Å². The Bertz CT molecular complexity index is 905. The third kappa shape index (κ3) is 4.97. The van der Waals surface area contributed by atoms with E-state index in [1.54, 1.807) is 18.2 Å². The van der Waals surface area contributed by atoms with E-state index in [0.29, 0.717) is 24.5 Å². The molecule has 144 valence electrons. The second-order valence-corrected chi connectivity index (χ2v) is 6.34. The summed E-state index contributed by atoms with van der Waals surface area (Å²) in [5, 5.41) is 11.6. The SMILES string of the molecule is N#Cc1ccc(NC(=O)COC(=O)c2ccc(N3CCOCC3)nc2)cc1Cl. The maximum Gasteiger partial charge on any atom is 0.340 e. The molecule has 0 spiro atoms. The van der Waals surface area contributed by atoms with E-state index in [9.17, 15) is 9.59 Å². The first-order valence-corrected chi connectivity index (χ1v) is 8.90. The molecule has 0 aliphatic carbocycles. The van der Waals surface area contributed by atoms with Gasteiger partial charge in [-0.3, -0.25) is 4.79 Å². The van der Waals surface area contributed by atoms with Crippen molar-refractivity contribution < 1.29 is 19.1 Å². The fourth-order valence-corrected chi connectivity index (χ4v) is 2.80. The highest BCUT2D eigenvalue weighted by Gasteiger charge is 2.15. The quantitative estimate of drug-likeness (QED) is 0.767. The molecular formula is C19H17ClN4O4. The molecule has 2 heterocycles. The number of esters is 1. The van der Waals surface area contributed by atoms with Crippen LogP contribution in [-0.4, -0.2) is 49.8 Å². The van der Waals surface area contributed by atoms with E-state index in [2.05, 4.69) is 15.2 Å². The molecule has 28 heavy (non-hydrogen) atoms. The summed E-state index contributed by atoms with van der Waals surface area (Å²) in [7, 11) is 0. The lowest BCUT2D eigenvalue weighted by atomic mass is 10.2. The molecule has 0 bridgehead atoms. The van der Waals surface area contributed by atoms with E-state index >= 15 is 0 Å². The summed E-state index contributed by atoms with van der Waals surface area (Å²) in [4.78, 5) is 30.4. The van der Waals surface area contributed by atoms with Crippen LogP contribution in [0.5, 0.6) is 0 Å². The summed E-state index contributed by atoms with van der Waals surface area (Å²) in [6, 6.07) is 9.76. The highest BCUT2D eigenvalue weighted by Crippen LogP contribution is 2.20. The fraction of sp³-hybridized carbons (Fsp3) is 0.263. The highest BCUT2D eigenvalue weighted by atomic mass is 35.5.